The summed E-state index contributed by atoms with van der Waals surface area (Å²) in [4.78, 5) is 0. The standard InChI is InChI=1S/C18H33B3O6/c1-4-7-10-19-22-13-14(23-19)18-16-15(24-20(25-16)11-8-5-2)17(13)26-21(27-18)12-9-6-3/h13-18H,4-12H2,1-3H3/t13-,14+,15-,16+,17?,18?. The third kappa shape index (κ3) is 4.14. The molecule has 9 heteroatoms. The van der Waals surface area contributed by atoms with Crippen molar-refractivity contribution >= 4 is 21.4 Å². The molecule has 0 aromatic rings. The van der Waals surface area contributed by atoms with Gasteiger partial charge in [-0.1, -0.05) is 59.3 Å². The van der Waals surface area contributed by atoms with E-state index in [0.717, 1.165) is 57.5 Å². The molecule has 0 amide bonds. The number of rotatable bonds is 9. The molecule has 150 valence electrons. The minimum Gasteiger partial charge on any atom is -0.403 e. The summed E-state index contributed by atoms with van der Waals surface area (Å²) in [6.07, 6.45) is 8.51. The molecule has 5 fully saturated rings. The smallest absolute Gasteiger partial charge is 0.403 e. The van der Waals surface area contributed by atoms with E-state index in [4.69, 9.17) is 27.9 Å². The summed E-state index contributed by atoms with van der Waals surface area (Å²) in [6, 6.07) is 0. The Morgan fingerprint density at radius 2 is 0.667 bits per heavy atom. The molecular weight excluding hydrogens is 345 g/mol. The van der Waals surface area contributed by atoms with Gasteiger partial charge in [-0.25, -0.2) is 0 Å². The molecular formula is C18H33B3O6. The Morgan fingerprint density at radius 1 is 0.444 bits per heavy atom. The second-order valence-electron chi connectivity index (χ2n) is 8.32. The Bertz CT molecular complexity index is 424. The van der Waals surface area contributed by atoms with Crippen LogP contribution in [0.25, 0.3) is 0 Å². The zero-order valence-electron chi connectivity index (χ0n) is 17.0. The van der Waals surface area contributed by atoms with Gasteiger partial charge in [0.1, 0.15) is 0 Å². The SMILES string of the molecule is CCCCB1OC2[C@H]3OB(CCCC)O[C@H]3C(O1)[C@@H]1OB(CCCC)O[C@H]21. The molecule has 0 unspecified atom stereocenters. The van der Waals surface area contributed by atoms with Gasteiger partial charge in [0.25, 0.3) is 0 Å². The molecule has 0 aromatic carbocycles. The molecule has 4 saturated heterocycles. The van der Waals surface area contributed by atoms with E-state index in [1.54, 1.807) is 0 Å². The van der Waals surface area contributed by atoms with E-state index >= 15 is 0 Å². The average Bonchev–Trinajstić information content (AvgIpc) is 3.23. The fourth-order valence-corrected chi connectivity index (χ4v) is 4.72. The molecule has 27 heavy (non-hydrogen) atoms. The molecule has 0 spiro atoms. The lowest BCUT2D eigenvalue weighted by Gasteiger charge is -2.40. The van der Waals surface area contributed by atoms with Crippen LogP contribution in [0.4, 0.5) is 0 Å². The Hall–Kier alpha value is -0.0452. The molecule has 5 rings (SSSR count). The van der Waals surface area contributed by atoms with Crippen molar-refractivity contribution in [1.29, 1.82) is 0 Å². The van der Waals surface area contributed by atoms with Gasteiger partial charge < -0.3 is 27.9 Å². The van der Waals surface area contributed by atoms with Crippen molar-refractivity contribution in [3.05, 3.63) is 0 Å². The highest BCUT2D eigenvalue weighted by Gasteiger charge is 2.64. The van der Waals surface area contributed by atoms with Gasteiger partial charge in [0.15, 0.2) is 0 Å². The molecule has 1 aliphatic carbocycles. The van der Waals surface area contributed by atoms with Gasteiger partial charge >= 0.3 is 21.4 Å². The lowest BCUT2D eigenvalue weighted by Crippen LogP contribution is -2.60. The van der Waals surface area contributed by atoms with E-state index in [1.165, 1.54) is 0 Å². The second kappa shape index (κ2) is 9.18. The fourth-order valence-electron chi connectivity index (χ4n) is 4.72. The van der Waals surface area contributed by atoms with Gasteiger partial charge in [-0.15, -0.1) is 0 Å². The van der Waals surface area contributed by atoms with Gasteiger partial charge in [0, 0.05) is 0 Å². The minimum absolute atomic E-state index is 0.127. The first-order chi connectivity index (χ1) is 13.2. The van der Waals surface area contributed by atoms with Gasteiger partial charge in [0.05, 0.1) is 36.6 Å². The van der Waals surface area contributed by atoms with Gasteiger partial charge in [-0.2, -0.15) is 0 Å². The number of unbranched alkanes of at least 4 members (excludes halogenated alkanes) is 3. The quantitative estimate of drug-likeness (QED) is 0.575. The zero-order chi connectivity index (χ0) is 18.8. The summed E-state index contributed by atoms with van der Waals surface area (Å²) >= 11 is 0. The molecule has 1 saturated carbocycles. The summed E-state index contributed by atoms with van der Waals surface area (Å²) in [6.45, 7) is 6.55. The van der Waals surface area contributed by atoms with E-state index in [9.17, 15) is 0 Å². The van der Waals surface area contributed by atoms with Gasteiger partial charge in [0.2, 0.25) is 0 Å². The first kappa shape index (κ1) is 20.2. The first-order valence-corrected chi connectivity index (χ1v) is 11.2. The molecule has 2 bridgehead atoms. The summed E-state index contributed by atoms with van der Waals surface area (Å²) in [5.74, 6) is 0. The zero-order valence-corrected chi connectivity index (χ0v) is 17.0. The summed E-state index contributed by atoms with van der Waals surface area (Å²) in [5, 5.41) is 0. The summed E-state index contributed by atoms with van der Waals surface area (Å²) in [7, 11) is -0.558. The highest BCUT2D eigenvalue weighted by Crippen LogP contribution is 2.44. The van der Waals surface area contributed by atoms with E-state index < -0.39 is 0 Å². The van der Waals surface area contributed by atoms with Crippen LogP contribution < -0.4 is 0 Å². The monoisotopic (exact) mass is 378 g/mol. The van der Waals surface area contributed by atoms with Crippen LogP contribution in [-0.2, 0) is 27.9 Å². The van der Waals surface area contributed by atoms with Crippen LogP contribution in [-0.4, -0.2) is 58.0 Å². The number of hydrogen-bond acceptors (Lipinski definition) is 6. The Balaban J connectivity index is 1.49. The topological polar surface area (TPSA) is 55.4 Å². The lowest BCUT2D eigenvalue weighted by atomic mass is 9.81. The Morgan fingerprint density at radius 3 is 0.852 bits per heavy atom. The maximum atomic E-state index is 6.41. The largest absolute Gasteiger partial charge is 0.457 e. The predicted molar refractivity (Wildman–Crippen MR) is 106 cm³/mol. The van der Waals surface area contributed by atoms with E-state index in [0.29, 0.717) is 0 Å². The molecule has 4 aliphatic heterocycles. The predicted octanol–water partition coefficient (Wildman–Crippen LogP) is 3.22. The highest BCUT2D eigenvalue weighted by atomic mass is 16.7. The van der Waals surface area contributed by atoms with E-state index in [1.807, 2.05) is 0 Å². The Kier molecular flexibility index (Phi) is 6.88. The van der Waals surface area contributed by atoms with Crippen LogP contribution in [0.1, 0.15) is 59.3 Å². The van der Waals surface area contributed by atoms with Gasteiger partial charge in [-0.3, -0.25) is 0 Å². The summed E-state index contributed by atoms with van der Waals surface area (Å²) < 4.78 is 38.0. The second-order valence-corrected chi connectivity index (χ2v) is 8.32. The highest BCUT2D eigenvalue weighted by molar-refractivity contribution is 6.47. The molecule has 0 N–H and O–H groups in total. The summed E-state index contributed by atoms with van der Waals surface area (Å²) in [5.41, 5.74) is 0. The molecule has 6 nitrogen and oxygen atoms in total. The first-order valence-electron chi connectivity index (χ1n) is 11.2. The fraction of sp³-hybridized carbons (Fsp3) is 1.00. The average molecular weight is 378 g/mol. The number of hydrogen-bond donors (Lipinski definition) is 0. The van der Waals surface area contributed by atoms with E-state index in [2.05, 4.69) is 20.8 Å². The van der Waals surface area contributed by atoms with Crippen molar-refractivity contribution in [3.63, 3.8) is 0 Å². The Labute approximate surface area is 164 Å². The number of fused-ring (bicyclic) bond motifs is 2. The molecule has 0 radical (unpaired) electrons. The van der Waals surface area contributed by atoms with Crippen molar-refractivity contribution < 1.29 is 27.9 Å². The van der Waals surface area contributed by atoms with Crippen molar-refractivity contribution in [2.24, 2.45) is 0 Å². The molecule has 4 heterocycles. The van der Waals surface area contributed by atoms with Crippen molar-refractivity contribution in [2.75, 3.05) is 0 Å². The van der Waals surface area contributed by atoms with Crippen LogP contribution in [0.3, 0.4) is 0 Å². The van der Waals surface area contributed by atoms with Gasteiger partial charge in [-0.05, 0) is 19.0 Å². The third-order valence-electron chi connectivity index (χ3n) is 6.18. The van der Waals surface area contributed by atoms with Crippen LogP contribution in [0.5, 0.6) is 0 Å². The molecule has 0 atom stereocenters. The van der Waals surface area contributed by atoms with Crippen molar-refractivity contribution in [2.45, 2.75) is 115 Å². The van der Waals surface area contributed by atoms with Crippen molar-refractivity contribution in [1.82, 2.24) is 0 Å². The molecule has 0 aromatic heterocycles. The van der Waals surface area contributed by atoms with E-state index in [-0.39, 0.29) is 58.0 Å². The lowest BCUT2D eigenvalue weighted by molar-refractivity contribution is -0.106. The third-order valence-corrected chi connectivity index (χ3v) is 6.18. The van der Waals surface area contributed by atoms with Crippen LogP contribution in [0, 0.1) is 0 Å². The maximum absolute atomic E-state index is 6.41. The van der Waals surface area contributed by atoms with Crippen LogP contribution in [0.2, 0.25) is 19.0 Å². The van der Waals surface area contributed by atoms with Crippen LogP contribution in [0.15, 0.2) is 0 Å². The maximum Gasteiger partial charge on any atom is 0.457 e. The van der Waals surface area contributed by atoms with Crippen molar-refractivity contribution in [3.8, 4) is 0 Å². The minimum atomic E-state index is -0.223. The molecule has 5 aliphatic rings. The normalized spacial score (nSPS) is 37.7. The van der Waals surface area contributed by atoms with Crippen LogP contribution >= 0.6 is 0 Å².